The number of esters is 1. The fourth-order valence-corrected chi connectivity index (χ4v) is 4.52. The van der Waals surface area contributed by atoms with Gasteiger partial charge >= 0.3 is 5.97 Å². The van der Waals surface area contributed by atoms with E-state index in [4.69, 9.17) is 23.7 Å². The second kappa shape index (κ2) is 9.15. The number of para-hydroxylation sites is 1. The average molecular weight is 454 g/mol. The zero-order chi connectivity index (χ0) is 23.6. The first-order chi connectivity index (χ1) is 15.9. The van der Waals surface area contributed by atoms with Crippen LogP contribution < -0.4 is 18.9 Å². The smallest absolute Gasteiger partial charge is 0.361 e. The van der Waals surface area contributed by atoms with Gasteiger partial charge in [0.15, 0.2) is 23.8 Å². The van der Waals surface area contributed by atoms with Crippen LogP contribution in [0.25, 0.3) is 6.08 Å². The second-order valence-electron chi connectivity index (χ2n) is 8.36. The van der Waals surface area contributed by atoms with Gasteiger partial charge in [-0.15, -0.1) is 0 Å². The molecule has 0 spiro atoms. The molecule has 174 valence electrons. The lowest BCUT2D eigenvalue weighted by Crippen LogP contribution is -2.51. The van der Waals surface area contributed by atoms with Gasteiger partial charge in [0.05, 0.1) is 46.0 Å². The zero-order valence-electron chi connectivity index (χ0n) is 19.3. The van der Waals surface area contributed by atoms with Crippen LogP contribution in [0.5, 0.6) is 23.0 Å². The average Bonchev–Trinajstić information content (AvgIpc) is 3.30. The minimum absolute atomic E-state index is 0.0133. The van der Waals surface area contributed by atoms with E-state index >= 15 is 0 Å². The third-order valence-corrected chi connectivity index (χ3v) is 6.17. The summed E-state index contributed by atoms with van der Waals surface area (Å²) in [5.74, 6) is 1.60. The predicted octanol–water partition coefficient (Wildman–Crippen LogP) is 3.00. The molecule has 0 fully saturated rings. The normalized spacial score (nSPS) is 18.7. The summed E-state index contributed by atoms with van der Waals surface area (Å²) in [6.45, 7) is 1.41. The summed E-state index contributed by atoms with van der Waals surface area (Å²) in [4.78, 5) is 25.5. The molecule has 33 heavy (non-hydrogen) atoms. The lowest BCUT2D eigenvalue weighted by molar-refractivity contribution is -0.917. The monoisotopic (exact) mass is 454 g/mol. The third kappa shape index (κ3) is 4.26. The fraction of sp³-hybridized carbons (Fsp3) is 0.360. The number of carbonyl (C=O) groups is 2. The minimum atomic E-state index is -0.281. The number of likely N-dealkylation sites (N-methyl/N-ethyl adjacent to an activating group) is 1. The Bertz CT molecular complexity index is 1120. The number of methoxy groups -OCH3 is 3. The summed E-state index contributed by atoms with van der Waals surface area (Å²) in [7, 11) is 6.54. The highest BCUT2D eigenvalue weighted by atomic mass is 16.7. The van der Waals surface area contributed by atoms with Crippen molar-refractivity contribution in [2.75, 3.05) is 48.3 Å². The number of ketones is 1. The van der Waals surface area contributed by atoms with E-state index < -0.39 is 0 Å². The van der Waals surface area contributed by atoms with E-state index in [-0.39, 0.29) is 25.1 Å². The van der Waals surface area contributed by atoms with Gasteiger partial charge < -0.3 is 28.2 Å². The summed E-state index contributed by atoms with van der Waals surface area (Å²) in [6.07, 6.45) is 3.85. The second-order valence-corrected chi connectivity index (χ2v) is 8.36. The first kappa shape index (κ1) is 22.7. The van der Waals surface area contributed by atoms with Crippen LogP contribution in [-0.4, -0.2) is 64.5 Å². The van der Waals surface area contributed by atoms with E-state index in [0.717, 1.165) is 16.7 Å². The predicted molar refractivity (Wildman–Crippen MR) is 121 cm³/mol. The standard InChI is InChI=1S/C25H28NO7/c1-26(14-21(28)30-3)12-11-17-18(13-26)23(31-4)25-24(32-15-33-25)22(17)19(27)10-9-16-7-5-6-8-20(16)29-2/h5-10H,11-15H2,1-4H3/q+1. The molecule has 8 nitrogen and oxygen atoms in total. The fourth-order valence-electron chi connectivity index (χ4n) is 4.52. The van der Waals surface area contributed by atoms with Crippen LogP contribution in [0.4, 0.5) is 0 Å². The van der Waals surface area contributed by atoms with Crippen LogP contribution in [0.3, 0.4) is 0 Å². The first-order valence-electron chi connectivity index (χ1n) is 10.7. The third-order valence-electron chi connectivity index (χ3n) is 6.17. The Morgan fingerprint density at radius 3 is 2.55 bits per heavy atom. The Labute approximate surface area is 192 Å². The van der Waals surface area contributed by atoms with Crippen molar-refractivity contribution < 1.29 is 37.8 Å². The summed E-state index contributed by atoms with van der Waals surface area (Å²) >= 11 is 0. The SMILES string of the molecule is COC(=O)C[N+]1(C)CCc2c(c(OC)c3c(c2C(=O)C=Cc2ccccc2OC)OCO3)C1. The number of carbonyl (C=O) groups excluding carboxylic acids is 2. The van der Waals surface area contributed by atoms with Gasteiger partial charge in [-0.25, -0.2) is 4.79 Å². The number of ether oxygens (including phenoxy) is 5. The maximum absolute atomic E-state index is 13.5. The Balaban J connectivity index is 1.77. The van der Waals surface area contributed by atoms with Crippen LogP contribution in [0.1, 0.15) is 27.0 Å². The van der Waals surface area contributed by atoms with Crippen LogP contribution in [0.2, 0.25) is 0 Å². The topological polar surface area (TPSA) is 80.3 Å². The van der Waals surface area contributed by atoms with Crippen LogP contribution in [-0.2, 0) is 22.5 Å². The molecule has 2 aromatic carbocycles. The highest BCUT2D eigenvalue weighted by molar-refractivity contribution is 6.11. The molecule has 2 aromatic rings. The zero-order valence-corrected chi connectivity index (χ0v) is 19.3. The van der Waals surface area contributed by atoms with Crippen LogP contribution >= 0.6 is 0 Å². The highest BCUT2D eigenvalue weighted by Crippen LogP contribution is 2.50. The van der Waals surface area contributed by atoms with Crippen LogP contribution in [0.15, 0.2) is 30.3 Å². The molecule has 2 aliphatic rings. The van der Waals surface area contributed by atoms with E-state index in [1.807, 2.05) is 31.3 Å². The molecule has 0 radical (unpaired) electrons. The van der Waals surface area contributed by atoms with Crippen molar-refractivity contribution in [1.29, 1.82) is 0 Å². The van der Waals surface area contributed by atoms with Gasteiger partial charge in [-0.05, 0) is 23.8 Å². The first-order valence-corrected chi connectivity index (χ1v) is 10.7. The minimum Gasteiger partial charge on any atom is -0.496 e. The number of allylic oxidation sites excluding steroid dienone is 1. The molecule has 2 heterocycles. The molecule has 0 N–H and O–H groups in total. The van der Waals surface area contributed by atoms with Gasteiger partial charge in [-0.3, -0.25) is 4.79 Å². The highest BCUT2D eigenvalue weighted by Gasteiger charge is 2.40. The van der Waals surface area contributed by atoms with Crippen molar-refractivity contribution in [3.63, 3.8) is 0 Å². The number of hydrogen-bond acceptors (Lipinski definition) is 7. The van der Waals surface area contributed by atoms with Gasteiger partial charge in [-0.1, -0.05) is 18.2 Å². The molecule has 4 rings (SSSR count). The molecule has 0 aliphatic carbocycles. The quantitative estimate of drug-likeness (QED) is 0.275. The molecular formula is C25H28NO7+. The number of fused-ring (bicyclic) bond motifs is 2. The molecule has 1 atom stereocenters. The number of hydrogen-bond donors (Lipinski definition) is 0. The van der Waals surface area contributed by atoms with E-state index in [1.54, 1.807) is 20.3 Å². The van der Waals surface area contributed by atoms with Gasteiger partial charge in [0.1, 0.15) is 12.3 Å². The van der Waals surface area contributed by atoms with E-state index in [0.29, 0.717) is 52.6 Å². The van der Waals surface area contributed by atoms with Crippen molar-refractivity contribution in [2.45, 2.75) is 13.0 Å². The van der Waals surface area contributed by atoms with Gasteiger partial charge in [-0.2, -0.15) is 0 Å². The van der Waals surface area contributed by atoms with E-state index in [1.165, 1.54) is 13.2 Å². The molecular weight excluding hydrogens is 426 g/mol. The van der Waals surface area contributed by atoms with E-state index in [9.17, 15) is 9.59 Å². The maximum Gasteiger partial charge on any atom is 0.361 e. The molecule has 0 amide bonds. The number of quaternary nitrogens is 1. The Hall–Kier alpha value is -3.52. The van der Waals surface area contributed by atoms with Crippen LogP contribution in [0, 0.1) is 0 Å². The summed E-state index contributed by atoms with van der Waals surface area (Å²) < 4.78 is 27.8. The molecule has 1 unspecified atom stereocenters. The molecule has 0 aromatic heterocycles. The lowest BCUT2D eigenvalue weighted by Gasteiger charge is -2.38. The van der Waals surface area contributed by atoms with Crippen molar-refractivity contribution in [1.82, 2.24) is 0 Å². The summed E-state index contributed by atoms with van der Waals surface area (Å²) in [5.41, 5.74) is 3.00. The van der Waals surface area contributed by atoms with Gasteiger partial charge in [0, 0.05) is 12.0 Å². The summed E-state index contributed by atoms with van der Waals surface area (Å²) in [5, 5.41) is 0. The number of nitrogens with zero attached hydrogens (tertiary/aromatic N) is 1. The summed E-state index contributed by atoms with van der Waals surface area (Å²) in [6, 6.07) is 7.48. The van der Waals surface area contributed by atoms with E-state index in [2.05, 4.69) is 0 Å². The lowest BCUT2D eigenvalue weighted by atomic mass is 9.88. The Kier molecular flexibility index (Phi) is 6.29. The largest absolute Gasteiger partial charge is 0.496 e. The Morgan fingerprint density at radius 2 is 1.82 bits per heavy atom. The maximum atomic E-state index is 13.5. The van der Waals surface area contributed by atoms with Crippen molar-refractivity contribution in [3.05, 3.63) is 52.6 Å². The van der Waals surface area contributed by atoms with Gasteiger partial charge in [0.2, 0.25) is 12.5 Å². The van der Waals surface area contributed by atoms with Crippen molar-refractivity contribution in [2.24, 2.45) is 0 Å². The van der Waals surface area contributed by atoms with Crippen molar-refractivity contribution in [3.8, 4) is 23.0 Å². The molecule has 8 heteroatoms. The number of rotatable bonds is 7. The van der Waals surface area contributed by atoms with Crippen molar-refractivity contribution >= 4 is 17.8 Å². The molecule has 0 bridgehead atoms. The number of benzene rings is 2. The molecule has 2 aliphatic heterocycles. The molecule has 0 saturated carbocycles. The van der Waals surface area contributed by atoms with Gasteiger partial charge in [0.25, 0.3) is 0 Å². The molecule has 0 saturated heterocycles. The Morgan fingerprint density at radius 1 is 1.06 bits per heavy atom.